The molecule has 1 aliphatic rings. The number of benzene rings is 2. The Hall–Kier alpha value is -2.96. The van der Waals surface area contributed by atoms with Gasteiger partial charge in [0.05, 0.1) is 24.7 Å². The summed E-state index contributed by atoms with van der Waals surface area (Å²) >= 11 is 0. The van der Waals surface area contributed by atoms with Gasteiger partial charge in [0.1, 0.15) is 17.4 Å². The van der Waals surface area contributed by atoms with Crippen LogP contribution in [-0.4, -0.2) is 43.6 Å². The third kappa shape index (κ3) is 4.45. The highest BCUT2D eigenvalue weighted by Crippen LogP contribution is 2.37. The van der Waals surface area contributed by atoms with Gasteiger partial charge in [0, 0.05) is 19.2 Å². The maximum absolute atomic E-state index is 14.4. The van der Waals surface area contributed by atoms with Gasteiger partial charge in [0.15, 0.2) is 0 Å². The van der Waals surface area contributed by atoms with Crippen molar-refractivity contribution in [1.29, 1.82) is 0 Å². The number of ether oxygens (including phenoxy) is 2. The minimum Gasteiger partial charge on any atom is -0.496 e. The molecule has 7 heteroatoms. The molecule has 0 bridgehead atoms. The number of hydrogen-bond donors (Lipinski definition) is 0. The van der Waals surface area contributed by atoms with Gasteiger partial charge < -0.3 is 14.4 Å². The normalized spacial score (nSPS) is 18.7. The van der Waals surface area contributed by atoms with Crippen molar-refractivity contribution in [3.63, 3.8) is 0 Å². The maximum Gasteiger partial charge on any atom is 0.314 e. The van der Waals surface area contributed by atoms with Gasteiger partial charge in [-0.25, -0.2) is 8.78 Å². The van der Waals surface area contributed by atoms with Gasteiger partial charge in [-0.05, 0) is 49.9 Å². The van der Waals surface area contributed by atoms with Gasteiger partial charge in [0.2, 0.25) is 0 Å². The summed E-state index contributed by atoms with van der Waals surface area (Å²) in [6.45, 7) is 2.42. The van der Waals surface area contributed by atoms with E-state index in [1.54, 1.807) is 36.1 Å². The zero-order chi connectivity index (χ0) is 21.7. The van der Waals surface area contributed by atoms with Crippen LogP contribution in [0.2, 0.25) is 0 Å². The van der Waals surface area contributed by atoms with Crippen molar-refractivity contribution in [1.82, 2.24) is 4.90 Å². The first-order chi connectivity index (χ1) is 14.4. The van der Waals surface area contributed by atoms with E-state index in [4.69, 9.17) is 9.47 Å². The fourth-order valence-corrected chi connectivity index (χ4v) is 3.99. The van der Waals surface area contributed by atoms with E-state index in [1.165, 1.54) is 13.2 Å². The molecule has 0 spiro atoms. The molecule has 1 atom stereocenters. The molecule has 0 aliphatic carbocycles. The first-order valence-electron chi connectivity index (χ1n) is 9.93. The Bertz CT molecular complexity index is 933. The predicted molar refractivity (Wildman–Crippen MR) is 107 cm³/mol. The second-order valence-corrected chi connectivity index (χ2v) is 7.44. The molecule has 0 N–H and O–H groups in total. The summed E-state index contributed by atoms with van der Waals surface area (Å²) in [5.41, 5.74) is -0.492. The molecular formula is C23H25F2NO4. The standard InChI is InChI=1S/C23H25F2NO4/c1-3-30-22(28)23(14-16-9-10-17(24)13-19(16)25)11-6-12-26(15-23)21(27)18-7-4-5-8-20(18)29-2/h4-5,7-10,13H,3,6,11-12,14-15H2,1-2H3/t23-/m0/s1. The van der Waals surface area contributed by atoms with Crippen LogP contribution in [0.5, 0.6) is 5.75 Å². The summed E-state index contributed by atoms with van der Waals surface area (Å²) in [4.78, 5) is 27.7. The third-order valence-corrected chi connectivity index (χ3v) is 5.45. The monoisotopic (exact) mass is 417 g/mol. The van der Waals surface area contributed by atoms with Crippen LogP contribution in [0.15, 0.2) is 42.5 Å². The number of carbonyl (C=O) groups is 2. The molecule has 0 radical (unpaired) electrons. The number of likely N-dealkylation sites (tertiary alicyclic amines) is 1. The molecular weight excluding hydrogens is 392 g/mol. The van der Waals surface area contributed by atoms with Crippen LogP contribution < -0.4 is 4.74 Å². The third-order valence-electron chi connectivity index (χ3n) is 5.45. The lowest BCUT2D eigenvalue weighted by molar-refractivity contribution is -0.158. The van der Waals surface area contributed by atoms with E-state index in [2.05, 4.69) is 0 Å². The lowest BCUT2D eigenvalue weighted by Crippen LogP contribution is -2.51. The molecule has 2 aromatic rings. The van der Waals surface area contributed by atoms with Crippen LogP contribution in [0.25, 0.3) is 0 Å². The average molecular weight is 417 g/mol. The van der Waals surface area contributed by atoms with Crippen LogP contribution in [0, 0.1) is 17.0 Å². The van der Waals surface area contributed by atoms with Crippen molar-refractivity contribution >= 4 is 11.9 Å². The molecule has 0 unspecified atom stereocenters. The van der Waals surface area contributed by atoms with Gasteiger partial charge in [-0.3, -0.25) is 9.59 Å². The molecule has 0 aromatic heterocycles. The minimum atomic E-state index is -1.11. The smallest absolute Gasteiger partial charge is 0.314 e. The summed E-state index contributed by atoms with van der Waals surface area (Å²) in [5, 5.41) is 0. The Morgan fingerprint density at radius 3 is 2.63 bits per heavy atom. The number of rotatable bonds is 6. The summed E-state index contributed by atoms with van der Waals surface area (Å²) in [5.74, 6) is -1.70. The molecule has 30 heavy (non-hydrogen) atoms. The number of piperidine rings is 1. The van der Waals surface area contributed by atoms with Crippen molar-refractivity contribution in [3.8, 4) is 5.75 Å². The van der Waals surface area contributed by atoms with Gasteiger partial charge >= 0.3 is 5.97 Å². The molecule has 2 aromatic carbocycles. The topological polar surface area (TPSA) is 55.8 Å². The highest BCUT2D eigenvalue weighted by atomic mass is 19.1. The van der Waals surface area contributed by atoms with E-state index in [-0.39, 0.29) is 31.0 Å². The highest BCUT2D eigenvalue weighted by molar-refractivity contribution is 5.97. The van der Waals surface area contributed by atoms with E-state index in [0.29, 0.717) is 30.7 Å². The first kappa shape index (κ1) is 21.7. The second-order valence-electron chi connectivity index (χ2n) is 7.44. The summed E-state index contributed by atoms with van der Waals surface area (Å²) < 4.78 is 38.3. The number of hydrogen-bond acceptors (Lipinski definition) is 4. The van der Waals surface area contributed by atoms with Crippen LogP contribution in [-0.2, 0) is 16.0 Å². The second kappa shape index (κ2) is 9.24. The zero-order valence-corrected chi connectivity index (χ0v) is 17.1. The molecule has 3 rings (SSSR count). The fourth-order valence-electron chi connectivity index (χ4n) is 3.99. The number of halogens is 2. The highest BCUT2D eigenvalue weighted by Gasteiger charge is 2.45. The molecule has 1 fully saturated rings. The van der Waals surface area contributed by atoms with E-state index in [1.807, 2.05) is 0 Å². The molecule has 1 amide bonds. The van der Waals surface area contributed by atoms with Crippen molar-refractivity contribution in [3.05, 3.63) is 65.2 Å². The van der Waals surface area contributed by atoms with E-state index < -0.39 is 23.0 Å². The Morgan fingerprint density at radius 2 is 1.93 bits per heavy atom. The Morgan fingerprint density at radius 1 is 1.17 bits per heavy atom. The Balaban J connectivity index is 1.93. The van der Waals surface area contributed by atoms with E-state index in [9.17, 15) is 18.4 Å². The molecule has 0 saturated carbocycles. The molecule has 160 valence electrons. The number of nitrogens with zero attached hydrogens (tertiary/aromatic N) is 1. The van der Waals surface area contributed by atoms with Crippen LogP contribution in [0.4, 0.5) is 8.78 Å². The molecule has 5 nitrogen and oxygen atoms in total. The van der Waals surface area contributed by atoms with Crippen LogP contribution >= 0.6 is 0 Å². The minimum absolute atomic E-state index is 0.0215. The summed E-state index contributed by atoms with van der Waals surface area (Å²) in [7, 11) is 1.49. The van der Waals surface area contributed by atoms with Crippen molar-refractivity contribution in [2.75, 3.05) is 26.8 Å². The quantitative estimate of drug-likeness (QED) is 0.667. The first-order valence-corrected chi connectivity index (χ1v) is 9.93. The Labute approximate surface area is 174 Å². The van der Waals surface area contributed by atoms with E-state index in [0.717, 1.165) is 12.1 Å². The predicted octanol–water partition coefficient (Wildman–Crippen LogP) is 4.00. The van der Waals surface area contributed by atoms with Crippen molar-refractivity contribution in [2.24, 2.45) is 5.41 Å². The van der Waals surface area contributed by atoms with E-state index >= 15 is 0 Å². The fraction of sp³-hybridized carbons (Fsp3) is 0.391. The van der Waals surface area contributed by atoms with Gasteiger partial charge in [-0.2, -0.15) is 0 Å². The lowest BCUT2D eigenvalue weighted by Gasteiger charge is -2.41. The maximum atomic E-state index is 14.4. The van der Waals surface area contributed by atoms with Crippen LogP contribution in [0.3, 0.4) is 0 Å². The Kier molecular flexibility index (Phi) is 6.70. The zero-order valence-electron chi connectivity index (χ0n) is 17.1. The molecule has 1 saturated heterocycles. The van der Waals surface area contributed by atoms with Gasteiger partial charge in [0.25, 0.3) is 5.91 Å². The summed E-state index contributed by atoms with van der Waals surface area (Å²) in [6, 6.07) is 10.2. The summed E-state index contributed by atoms with van der Waals surface area (Å²) in [6.07, 6.45) is 1.02. The van der Waals surface area contributed by atoms with Crippen molar-refractivity contribution in [2.45, 2.75) is 26.2 Å². The van der Waals surface area contributed by atoms with Crippen LogP contribution in [0.1, 0.15) is 35.7 Å². The number of amides is 1. The largest absolute Gasteiger partial charge is 0.496 e. The molecule has 1 aliphatic heterocycles. The lowest BCUT2D eigenvalue weighted by atomic mass is 9.74. The number of para-hydroxylation sites is 1. The molecule has 1 heterocycles. The van der Waals surface area contributed by atoms with Gasteiger partial charge in [-0.15, -0.1) is 0 Å². The SMILES string of the molecule is CCOC(=O)[C@]1(Cc2ccc(F)cc2F)CCCN(C(=O)c2ccccc2OC)C1. The number of carbonyl (C=O) groups excluding carboxylic acids is 2. The number of esters is 1. The number of methoxy groups -OCH3 is 1. The van der Waals surface area contributed by atoms with Crippen molar-refractivity contribution < 1.29 is 27.8 Å². The van der Waals surface area contributed by atoms with Gasteiger partial charge in [-0.1, -0.05) is 18.2 Å². The average Bonchev–Trinajstić information content (AvgIpc) is 2.75.